The molecule has 1 fully saturated rings. The molecule has 0 spiro atoms. The molecule has 4 aliphatic rings. The van der Waals surface area contributed by atoms with Crippen LogP contribution in [-0.2, 0) is 23.7 Å². The van der Waals surface area contributed by atoms with Gasteiger partial charge in [-0.3, -0.25) is 0 Å². The molecule has 1 saturated carbocycles. The maximum Gasteiger partial charge on any atom is 0.586 e. The Labute approximate surface area is 379 Å². The number of alkyl halides is 4. The van der Waals surface area contributed by atoms with Crippen molar-refractivity contribution in [3.63, 3.8) is 0 Å². The van der Waals surface area contributed by atoms with Gasteiger partial charge in [0, 0.05) is 23.1 Å². The van der Waals surface area contributed by atoms with Gasteiger partial charge in [0.25, 0.3) is 0 Å². The second-order valence-electron chi connectivity index (χ2n) is 17.8. The molecule has 0 N–H and O–H groups in total. The first-order valence-corrected chi connectivity index (χ1v) is 21.9. The van der Waals surface area contributed by atoms with Crippen LogP contribution in [0, 0.1) is 83.5 Å². The van der Waals surface area contributed by atoms with E-state index in [1.807, 2.05) is 19.1 Å². The second-order valence-corrected chi connectivity index (χ2v) is 17.8. The van der Waals surface area contributed by atoms with E-state index in [4.69, 9.17) is 4.74 Å². The number of rotatable bonds is 3. The molecule has 12 heteroatoms. The summed E-state index contributed by atoms with van der Waals surface area (Å²) in [6.07, 6.45) is -2.65. The van der Waals surface area contributed by atoms with Crippen LogP contribution in [0.25, 0.3) is 22.3 Å². The Bertz CT molecular complexity index is 2700. The van der Waals surface area contributed by atoms with Gasteiger partial charge in [-0.1, -0.05) is 85.3 Å². The zero-order chi connectivity index (χ0) is 48.0. The Kier molecular flexibility index (Phi) is 13.8. The zero-order valence-electron chi connectivity index (χ0n) is 38.0. The molecule has 0 saturated heterocycles. The largest absolute Gasteiger partial charge is 0.586 e. The van der Waals surface area contributed by atoms with E-state index < -0.39 is 24.0 Å². The number of hydrogen-bond acceptors (Lipinski definition) is 3. The maximum absolute atomic E-state index is 14.0. The van der Waals surface area contributed by atoms with E-state index in [1.54, 1.807) is 83.1 Å². The molecule has 0 bridgehead atoms. The Morgan fingerprint density at radius 2 is 1.03 bits per heavy atom. The minimum absolute atomic E-state index is 0.0493. The first-order valence-electron chi connectivity index (χ1n) is 21.9. The first kappa shape index (κ1) is 48.2. The van der Waals surface area contributed by atoms with E-state index in [2.05, 4.69) is 16.4 Å². The van der Waals surface area contributed by atoms with E-state index in [9.17, 15) is 39.5 Å². The fourth-order valence-corrected chi connectivity index (χ4v) is 8.72. The van der Waals surface area contributed by atoms with Gasteiger partial charge in [0.2, 0.25) is 0 Å². The average molecular weight is 919 g/mol. The highest BCUT2D eigenvalue weighted by molar-refractivity contribution is 5.79. The minimum Gasteiger partial charge on any atom is -0.395 e. The third-order valence-corrected chi connectivity index (χ3v) is 12.6. The lowest BCUT2D eigenvalue weighted by Gasteiger charge is -2.29. The van der Waals surface area contributed by atoms with Crippen molar-refractivity contribution in [1.82, 2.24) is 0 Å². The standard InChI is InChI=1S/C15H11F3.C15H20F2O.C15H12F2.C9H8F2O2/c1-7-3-9-5-10-4-8(2)14(17)15(18)13(10)11(9)6-12(7)16;1-11-3-7-13(8-4-11)15(16,17)18-14-9-5-12(2)6-10-14;1-8-3-5-10-11-6-4-9(2)15(17)13(11)7-12(10)14(8)16;1-5-3-4-6(2)8-7(5)12-9(10,11)13-8/h3-4,6H,5H2,1-2H3;3-4,7-8,12,14H,5-6,9-10H2,1-2H3;3-6H,7H2,1-2H3;3-4H,1-2H3. The highest BCUT2D eigenvalue weighted by Gasteiger charge is 2.45. The van der Waals surface area contributed by atoms with Crippen molar-refractivity contribution >= 4 is 0 Å². The molecule has 0 aromatic heterocycles. The Hall–Kier alpha value is -5.75. The van der Waals surface area contributed by atoms with Crippen LogP contribution >= 0.6 is 0 Å². The summed E-state index contributed by atoms with van der Waals surface area (Å²) in [4.78, 5) is 0. The fraction of sp³-hybridized carbons (Fsp3) is 0.333. The summed E-state index contributed by atoms with van der Waals surface area (Å²) >= 11 is 0. The third kappa shape index (κ3) is 9.99. The fourth-order valence-electron chi connectivity index (χ4n) is 8.72. The van der Waals surface area contributed by atoms with Crippen LogP contribution in [-0.4, -0.2) is 12.4 Å². The predicted octanol–water partition coefficient (Wildman–Crippen LogP) is 15.7. The lowest BCUT2D eigenvalue weighted by Crippen LogP contribution is -2.29. The predicted molar refractivity (Wildman–Crippen MR) is 238 cm³/mol. The number of aryl methyl sites for hydroxylation is 7. The molecule has 0 unspecified atom stereocenters. The van der Waals surface area contributed by atoms with Gasteiger partial charge < -0.3 is 14.2 Å². The molecule has 10 rings (SSSR count). The number of fused-ring (bicyclic) bond motifs is 7. The minimum atomic E-state index is -3.51. The SMILES string of the molecule is Cc1cc2c(cc1F)-c1c(cc(C)c(F)c1F)C2.Cc1ccc(C(F)(F)OC2CCC(C)CC2)cc1.Cc1ccc(C)c2c1OC(F)(F)O2.Cc1ccc2c(c1F)Cc1c-2ccc(C)c1F. The Balaban J connectivity index is 0.000000132. The maximum atomic E-state index is 14.0. The zero-order valence-corrected chi connectivity index (χ0v) is 38.0. The molecule has 66 heavy (non-hydrogen) atoms. The van der Waals surface area contributed by atoms with Crippen LogP contribution in [0.3, 0.4) is 0 Å². The first-order chi connectivity index (χ1) is 31.0. The van der Waals surface area contributed by atoms with Gasteiger partial charge in [-0.2, -0.15) is 8.78 Å². The van der Waals surface area contributed by atoms with Gasteiger partial charge in [0.15, 0.2) is 23.1 Å². The highest BCUT2D eigenvalue weighted by Crippen LogP contribution is 2.46. The van der Waals surface area contributed by atoms with Crippen molar-refractivity contribution in [2.75, 3.05) is 0 Å². The van der Waals surface area contributed by atoms with Crippen LogP contribution in [0.4, 0.5) is 39.5 Å². The number of benzene rings is 6. The summed E-state index contributed by atoms with van der Waals surface area (Å²) in [5.41, 5.74) is 9.48. The lowest BCUT2D eigenvalue weighted by molar-refractivity contribution is -0.287. The summed E-state index contributed by atoms with van der Waals surface area (Å²) in [6.45, 7) is 14.1. The average Bonchev–Trinajstić information content (AvgIpc) is 3.94. The van der Waals surface area contributed by atoms with Crippen LogP contribution in [0.1, 0.15) is 99.4 Å². The molecule has 3 aliphatic carbocycles. The normalized spacial score (nSPS) is 16.9. The van der Waals surface area contributed by atoms with Crippen molar-refractivity contribution in [3.05, 3.63) is 175 Å². The monoisotopic (exact) mass is 918 g/mol. The molecule has 6 aromatic rings. The van der Waals surface area contributed by atoms with Crippen LogP contribution in [0.2, 0.25) is 0 Å². The van der Waals surface area contributed by atoms with Crippen LogP contribution in [0.5, 0.6) is 11.5 Å². The van der Waals surface area contributed by atoms with Crippen molar-refractivity contribution in [3.8, 4) is 33.8 Å². The highest BCUT2D eigenvalue weighted by atomic mass is 19.3. The van der Waals surface area contributed by atoms with Crippen LogP contribution < -0.4 is 9.47 Å². The summed E-state index contributed by atoms with van der Waals surface area (Å²) in [7, 11) is 0. The summed E-state index contributed by atoms with van der Waals surface area (Å²) in [5, 5.41) is 0. The van der Waals surface area contributed by atoms with Gasteiger partial charge in [-0.05, 0) is 154 Å². The topological polar surface area (TPSA) is 27.7 Å². The molecule has 1 aliphatic heterocycles. The molecule has 1 heterocycles. The van der Waals surface area contributed by atoms with E-state index in [-0.39, 0.29) is 51.7 Å². The molecule has 0 atom stereocenters. The summed E-state index contributed by atoms with van der Waals surface area (Å²) in [5.74, 6) is -1.57. The number of ether oxygens (including phenoxy) is 3. The molecule has 0 radical (unpaired) electrons. The van der Waals surface area contributed by atoms with Gasteiger partial charge >= 0.3 is 12.4 Å². The Morgan fingerprint density at radius 3 is 1.56 bits per heavy atom. The summed E-state index contributed by atoms with van der Waals surface area (Å²) < 4.78 is 136. The van der Waals surface area contributed by atoms with Gasteiger partial charge in [0.1, 0.15) is 17.5 Å². The summed E-state index contributed by atoms with van der Waals surface area (Å²) in [6, 6.07) is 21.6. The van der Waals surface area contributed by atoms with Crippen molar-refractivity contribution in [2.24, 2.45) is 5.92 Å². The van der Waals surface area contributed by atoms with E-state index in [0.29, 0.717) is 63.3 Å². The van der Waals surface area contributed by atoms with E-state index in [1.165, 1.54) is 25.1 Å². The van der Waals surface area contributed by atoms with Crippen molar-refractivity contribution in [2.45, 2.75) is 112 Å². The number of hydrogen-bond donors (Lipinski definition) is 0. The molecule has 348 valence electrons. The quantitative estimate of drug-likeness (QED) is 0.165. The molecule has 0 amide bonds. The number of halogens is 9. The van der Waals surface area contributed by atoms with Gasteiger partial charge in [0.05, 0.1) is 11.7 Å². The smallest absolute Gasteiger partial charge is 0.395 e. The van der Waals surface area contributed by atoms with E-state index >= 15 is 0 Å². The van der Waals surface area contributed by atoms with Crippen molar-refractivity contribution in [1.29, 1.82) is 0 Å². The second kappa shape index (κ2) is 18.9. The Morgan fingerprint density at radius 1 is 0.530 bits per heavy atom. The van der Waals surface area contributed by atoms with Gasteiger partial charge in [-0.25, -0.2) is 22.0 Å². The molecular weight excluding hydrogens is 868 g/mol. The lowest BCUT2D eigenvalue weighted by atomic mass is 9.89. The van der Waals surface area contributed by atoms with Gasteiger partial charge in [-0.15, -0.1) is 8.78 Å². The van der Waals surface area contributed by atoms with Crippen LogP contribution in [0.15, 0.2) is 78.9 Å². The van der Waals surface area contributed by atoms with E-state index in [0.717, 1.165) is 53.5 Å². The molecule has 3 nitrogen and oxygen atoms in total. The molecular formula is C54H51F9O3. The van der Waals surface area contributed by atoms with Crippen molar-refractivity contribution < 1.29 is 53.7 Å². The molecule has 6 aromatic carbocycles. The third-order valence-electron chi connectivity index (χ3n) is 12.6.